The van der Waals surface area contributed by atoms with Crippen molar-refractivity contribution in [2.24, 2.45) is 0 Å². The molecule has 0 aliphatic rings. The minimum absolute atomic E-state index is 0.274. The number of hydrogen-bond donors (Lipinski definition) is 0. The van der Waals surface area contributed by atoms with E-state index in [9.17, 15) is 0 Å². The molecule has 0 bridgehead atoms. The van der Waals surface area contributed by atoms with Gasteiger partial charge in [-0.25, -0.2) is 9.67 Å². The van der Waals surface area contributed by atoms with Crippen LogP contribution in [0.25, 0.3) is 28.2 Å². The van der Waals surface area contributed by atoms with E-state index in [0.29, 0.717) is 11.8 Å². The predicted octanol–water partition coefficient (Wildman–Crippen LogP) is 6.20. The molecule has 2 aromatic carbocycles. The highest BCUT2D eigenvalue weighted by atomic mass is 16.5. The Labute approximate surface area is 192 Å². The quantitative estimate of drug-likeness (QED) is 0.327. The van der Waals surface area contributed by atoms with E-state index < -0.39 is 0 Å². The van der Waals surface area contributed by atoms with E-state index >= 15 is 0 Å². The molecular formula is C27H26N4O2. The lowest BCUT2D eigenvalue weighted by Crippen LogP contribution is -2.02. The largest absolute Gasteiger partial charge is 0.471 e. The smallest absolute Gasteiger partial charge is 0.226 e. The van der Waals surface area contributed by atoms with E-state index in [1.54, 1.807) is 0 Å². The van der Waals surface area contributed by atoms with Crippen LogP contribution >= 0.6 is 0 Å². The Morgan fingerprint density at radius 1 is 0.879 bits per heavy atom. The second-order valence-electron chi connectivity index (χ2n) is 8.44. The van der Waals surface area contributed by atoms with E-state index in [1.807, 2.05) is 54.9 Å². The van der Waals surface area contributed by atoms with Crippen molar-refractivity contribution in [3.63, 3.8) is 0 Å². The minimum atomic E-state index is 0.274. The molecule has 33 heavy (non-hydrogen) atoms. The van der Waals surface area contributed by atoms with Gasteiger partial charge in [-0.15, -0.1) is 0 Å². The summed E-state index contributed by atoms with van der Waals surface area (Å²) in [6, 6.07) is 18.2. The molecule has 0 saturated heterocycles. The Hall–Kier alpha value is -3.93. The molecule has 0 aliphatic heterocycles. The molecule has 5 aromatic rings. The van der Waals surface area contributed by atoms with Crippen molar-refractivity contribution in [3.05, 3.63) is 88.4 Å². The maximum atomic E-state index is 6.09. The number of oxazole rings is 1. The number of aryl methyl sites for hydroxylation is 5. The first-order valence-electron chi connectivity index (χ1n) is 11.0. The van der Waals surface area contributed by atoms with Gasteiger partial charge in [0.05, 0.1) is 11.4 Å². The van der Waals surface area contributed by atoms with E-state index in [-0.39, 0.29) is 6.61 Å². The third-order valence-corrected chi connectivity index (χ3v) is 5.86. The molecule has 166 valence electrons. The average molecular weight is 439 g/mol. The van der Waals surface area contributed by atoms with Crippen molar-refractivity contribution < 1.29 is 9.15 Å². The van der Waals surface area contributed by atoms with Gasteiger partial charge in [0.25, 0.3) is 0 Å². The molecular weight excluding hydrogens is 412 g/mol. The van der Waals surface area contributed by atoms with Crippen molar-refractivity contribution in [3.8, 4) is 23.0 Å². The molecule has 3 heterocycles. The van der Waals surface area contributed by atoms with Crippen LogP contribution in [-0.4, -0.2) is 19.7 Å². The zero-order valence-electron chi connectivity index (χ0n) is 19.5. The number of pyridine rings is 1. The van der Waals surface area contributed by atoms with Gasteiger partial charge in [0.15, 0.2) is 5.65 Å². The second kappa shape index (κ2) is 8.20. The van der Waals surface area contributed by atoms with E-state index in [0.717, 1.165) is 50.6 Å². The van der Waals surface area contributed by atoms with E-state index in [2.05, 4.69) is 39.0 Å². The van der Waals surface area contributed by atoms with Crippen LogP contribution < -0.4 is 4.74 Å². The summed E-state index contributed by atoms with van der Waals surface area (Å²) >= 11 is 0. The lowest BCUT2D eigenvalue weighted by atomic mass is 10.1. The van der Waals surface area contributed by atoms with Crippen LogP contribution in [-0.2, 0) is 6.61 Å². The summed E-state index contributed by atoms with van der Waals surface area (Å²) in [5.74, 6) is 1.89. The van der Waals surface area contributed by atoms with Gasteiger partial charge in [-0.1, -0.05) is 35.9 Å². The molecule has 0 aliphatic carbocycles. The molecule has 0 unspecified atom stereocenters. The van der Waals surface area contributed by atoms with Crippen LogP contribution in [0.15, 0.2) is 59.0 Å². The van der Waals surface area contributed by atoms with Crippen molar-refractivity contribution in [1.29, 1.82) is 0 Å². The number of nitrogens with zero attached hydrogens (tertiary/aromatic N) is 4. The Bertz CT molecular complexity index is 1470. The highest BCUT2D eigenvalue weighted by molar-refractivity contribution is 5.84. The lowest BCUT2D eigenvalue weighted by Gasteiger charge is -2.08. The van der Waals surface area contributed by atoms with Gasteiger partial charge >= 0.3 is 0 Å². The van der Waals surface area contributed by atoms with Gasteiger partial charge in [-0.05, 0) is 63.9 Å². The zero-order valence-corrected chi connectivity index (χ0v) is 19.5. The molecule has 6 nitrogen and oxygen atoms in total. The monoisotopic (exact) mass is 438 g/mol. The molecule has 0 atom stereocenters. The van der Waals surface area contributed by atoms with Crippen molar-refractivity contribution in [2.45, 2.75) is 41.2 Å². The van der Waals surface area contributed by atoms with E-state index in [4.69, 9.17) is 24.2 Å². The van der Waals surface area contributed by atoms with Crippen LogP contribution in [0.2, 0.25) is 0 Å². The molecule has 0 N–H and O–H groups in total. The summed E-state index contributed by atoms with van der Waals surface area (Å²) in [6.45, 7) is 10.4. The van der Waals surface area contributed by atoms with Crippen LogP contribution in [0.3, 0.4) is 0 Å². The van der Waals surface area contributed by atoms with Gasteiger partial charge in [0.2, 0.25) is 11.8 Å². The fourth-order valence-electron chi connectivity index (χ4n) is 4.08. The first kappa shape index (κ1) is 20.9. The topological polar surface area (TPSA) is 66.0 Å². The third kappa shape index (κ3) is 3.89. The Kier molecular flexibility index (Phi) is 5.21. The first-order chi connectivity index (χ1) is 15.9. The number of rotatable bonds is 5. The van der Waals surface area contributed by atoms with Gasteiger partial charge in [-0.3, -0.25) is 0 Å². The Balaban J connectivity index is 1.46. The van der Waals surface area contributed by atoms with Crippen molar-refractivity contribution >= 4 is 11.0 Å². The predicted molar refractivity (Wildman–Crippen MR) is 129 cm³/mol. The first-order valence-corrected chi connectivity index (χ1v) is 11.0. The summed E-state index contributed by atoms with van der Waals surface area (Å²) in [5.41, 5.74) is 7.81. The summed E-state index contributed by atoms with van der Waals surface area (Å²) in [6.07, 6.45) is 0. The fraction of sp³-hybridized carbons (Fsp3) is 0.222. The van der Waals surface area contributed by atoms with Gasteiger partial charge in [0, 0.05) is 17.0 Å². The number of aromatic nitrogens is 4. The van der Waals surface area contributed by atoms with Crippen molar-refractivity contribution in [1.82, 2.24) is 19.7 Å². The summed E-state index contributed by atoms with van der Waals surface area (Å²) < 4.78 is 13.9. The number of hydrogen-bond acceptors (Lipinski definition) is 5. The molecule has 0 fully saturated rings. The molecule has 0 saturated carbocycles. The molecule has 0 spiro atoms. The average Bonchev–Trinajstić information content (AvgIpc) is 3.34. The number of fused-ring (bicyclic) bond motifs is 1. The minimum Gasteiger partial charge on any atom is -0.471 e. The molecule has 3 aromatic heterocycles. The number of ether oxygens (including phenoxy) is 1. The fourth-order valence-corrected chi connectivity index (χ4v) is 4.08. The highest BCUT2D eigenvalue weighted by Gasteiger charge is 2.17. The Morgan fingerprint density at radius 3 is 2.45 bits per heavy atom. The van der Waals surface area contributed by atoms with Crippen LogP contribution in [0, 0.1) is 34.6 Å². The van der Waals surface area contributed by atoms with Crippen LogP contribution in [0.4, 0.5) is 0 Å². The zero-order chi connectivity index (χ0) is 23.1. The van der Waals surface area contributed by atoms with Crippen LogP contribution in [0.1, 0.15) is 33.8 Å². The van der Waals surface area contributed by atoms with Crippen LogP contribution in [0.5, 0.6) is 5.88 Å². The highest BCUT2D eigenvalue weighted by Crippen LogP contribution is 2.29. The summed E-state index contributed by atoms with van der Waals surface area (Å²) in [4.78, 5) is 9.50. The third-order valence-electron chi connectivity index (χ3n) is 5.86. The maximum Gasteiger partial charge on any atom is 0.226 e. The molecule has 0 amide bonds. The van der Waals surface area contributed by atoms with E-state index in [1.165, 1.54) is 5.56 Å². The van der Waals surface area contributed by atoms with Gasteiger partial charge in [0.1, 0.15) is 18.1 Å². The second-order valence-corrected chi connectivity index (χ2v) is 8.44. The SMILES string of the molecule is Cc1ccc(C)c(-c2nc(COc3cc(C)c4c(C)nn(-c5ccccc5)c4n3)c(C)o2)c1. The molecule has 5 rings (SSSR count). The number of para-hydroxylation sites is 1. The normalized spacial score (nSPS) is 11.3. The number of benzene rings is 2. The standard InChI is InChI=1S/C27H26N4O2/c1-16-11-12-17(2)22(13-16)27-28-23(20(5)33-27)15-32-24-14-18(3)25-19(4)30-31(26(25)29-24)21-9-7-6-8-10-21/h6-14H,15H2,1-5H3. The van der Waals surface area contributed by atoms with Gasteiger partial charge < -0.3 is 9.15 Å². The summed E-state index contributed by atoms with van der Waals surface area (Å²) in [5, 5.41) is 5.76. The Morgan fingerprint density at radius 2 is 1.67 bits per heavy atom. The van der Waals surface area contributed by atoms with Crippen molar-refractivity contribution in [2.75, 3.05) is 0 Å². The van der Waals surface area contributed by atoms with Gasteiger partial charge in [-0.2, -0.15) is 10.1 Å². The molecule has 6 heteroatoms. The summed E-state index contributed by atoms with van der Waals surface area (Å²) in [7, 11) is 0. The molecule has 0 radical (unpaired) electrons. The lowest BCUT2D eigenvalue weighted by molar-refractivity contribution is 0.288. The maximum absolute atomic E-state index is 6.09.